The molecule has 0 saturated heterocycles. The standard InChI is InChI=1S/C17H14N6OS/c1-10-13(4-3-5-18-10)16(24)21-17-20-8-14(25-17)11-6-12-9-23(2)22-15(12)19-7-11/h3-9H,1-2H3,(H,20,21,24). The number of rotatable bonds is 3. The quantitative estimate of drug-likeness (QED) is 0.614. The van der Waals surface area contributed by atoms with E-state index in [0.717, 1.165) is 15.8 Å². The molecule has 4 heterocycles. The van der Waals surface area contributed by atoms with Gasteiger partial charge in [-0.25, -0.2) is 9.97 Å². The van der Waals surface area contributed by atoms with Crippen LogP contribution in [0.2, 0.25) is 0 Å². The molecule has 0 atom stereocenters. The van der Waals surface area contributed by atoms with Crippen LogP contribution in [0.4, 0.5) is 5.13 Å². The molecule has 25 heavy (non-hydrogen) atoms. The number of nitrogens with one attached hydrogen (secondary N) is 1. The molecule has 4 aromatic rings. The minimum atomic E-state index is -0.215. The summed E-state index contributed by atoms with van der Waals surface area (Å²) in [7, 11) is 1.86. The Hall–Kier alpha value is -3.13. The number of aromatic nitrogens is 5. The third-order valence-electron chi connectivity index (χ3n) is 3.74. The van der Waals surface area contributed by atoms with Crippen molar-refractivity contribution in [2.24, 2.45) is 7.05 Å². The molecule has 0 unspecified atom stereocenters. The van der Waals surface area contributed by atoms with E-state index in [1.54, 1.807) is 42.3 Å². The van der Waals surface area contributed by atoms with E-state index in [9.17, 15) is 4.79 Å². The molecule has 0 spiro atoms. The number of thiazole rings is 1. The number of carbonyl (C=O) groups is 1. The van der Waals surface area contributed by atoms with E-state index in [1.165, 1.54) is 11.3 Å². The largest absolute Gasteiger partial charge is 0.298 e. The Morgan fingerprint density at radius 3 is 2.96 bits per heavy atom. The molecule has 1 amide bonds. The molecule has 1 N–H and O–H groups in total. The maximum Gasteiger partial charge on any atom is 0.259 e. The highest BCUT2D eigenvalue weighted by molar-refractivity contribution is 7.19. The van der Waals surface area contributed by atoms with Crippen molar-refractivity contribution in [3.05, 3.63) is 54.2 Å². The zero-order valence-electron chi connectivity index (χ0n) is 13.6. The monoisotopic (exact) mass is 350 g/mol. The maximum atomic E-state index is 12.4. The minimum absolute atomic E-state index is 0.215. The van der Waals surface area contributed by atoms with Crippen LogP contribution in [0.25, 0.3) is 21.5 Å². The molecule has 0 aliphatic heterocycles. The fraction of sp³-hybridized carbons (Fsp3) is 0.118. The number of anilines is 1. The van der Waals surface area contributed by atoms with E-state index in [2.05, 4.69) is 25.4 Å². The number of carbonyl (C=O) groups excluding carboxylic acids is 1. The van der Waals surface area contributed by atoms with Crippen LogP contribution in [-0.4, -0.2) is 30.6 Å². The van der Waals surface area contributed by atoms with Crippen molar-refractivity contribution < 1.29 is 4.79 Å². The number of amides is 1. The van der Waals surface area contributed by atoms with E-state index in [-0.39, 0.29) is 5.91 Å². The second-order valence-corrected chi connectivity index (χ2v) is 6.59. The highest BCUT2D eigenvalue weighted by Gasteiger charge is 2.13. The van der Waals surface area contributed by atoms with Gasteiger partial charge < -0.3 is 0 Å². The molecule has 0 fully saturated rings. The molecule has 4 aromatic heterocycles. The molecular weight excluding hydrogens is 336 g/mol. The van der Waals surface area contributed by atoms with Crippen molar-refractivity contribution >= 4 is 33.4 Å². The van der Waals surface area contributed by atoms with Crippen LogP contribution in [0.1, 0.15) is 16.1 Å². The summed E-state index contributed by atoms with van der Waals surface area (Å²) in [4.78, 5) is 26.1. The van der Waals surface area contributed by atoms with Gasteiger partial charge >= 0.3 is 0 Å². The van der Waals surface area contributed by atoms with Gasteiger partial charge in [-0.1, -0.05) is 11.3 Å². The topological polar surface area (TPSA) is 85.6 Å². The van der Waals surface area contributed by atoms with Crippen molar-refractivity contribution in [3.8, 4) is 10.4 Å². The van der Waals surface area contributed by atoms with Gasteiger partial charge in [-0.3, -0.25) is 19.8 Å². The fourth-order valence-electron chi connectivity index (χ4n) is 2.52. The zero-order chi connectivity index (χ0) is 17.4. The molecule has 124 valence electrons. The van der Waals surface area contributed by atoms with Gasteiger partial charge in [0.1, 0.15) is 0 Å². The normalized spacial score (nSPS) is 11.0. The molecule has 0 aromatic carbocycles. The second kappa shape index (κ2) is 6.06. The predicted molar refractivity (Wildman–Crippen MR) is 96.5 cm³/mol. The molecule has 0 saturated carbocycles. The lowest BCUT2D eigenvalue weighted by molar-refractivity contribution is 0.102. The Morgan fingerprint density at radius 1 is 1.24 bits per heavy atom. The number of fused-ring (bicyclic) bond motifs is 1. The van der Waals surface area contributed by atoms with Crippen molar-refractivity contribution in [1.29, 1.82) is 0 Å². The summed E-state index contributed by atoms with van der Waals surface area (Å²) in [5.41, 5.74) is 2.87. The summed E-state index contributed by atoms with van der Waals surface area (Å²) >= 11 is 1.40. The SMILES string of the molecule is Cc1ncccc1C(=O)Nc1ncc(-c2cnc3nn(C)cc3c2)s1. The maximum absolute atomic E-state index is 12.4. The van der Waals surface area contributed by atoms with Crippen LogP contribution >= 0.6 is 11.3 Å². The fourth-order valence-corrected chi connectivity index (χ4v) is 3.31. The minimum Gasteiger partial charge on any atom is -0.298 e. The van der Waals surface area contributed by atoms with E-state index < -0.39 is 0 Å². The average molecular weight is 350 g/mol. The van der Waals surface area contributed by atoms with Gasteiger partial charge in [-0.2, -0.15) is 5.10 Å². The lowest BCUT2D eigenvalue weighted by Crippen LogP contribution is -2.13. The predicted octanol–water partition coefficient (Wildman–Crippen LogP) is 3.05. The van der Waals surface area contributed by atoms with Crippen molar-refractivity contribution in [2.45, 2.75) is 6.92 Å². The molecule has 0 aliphatic rings. The smallest absolute Gasteiger partial charge is 0.259 e. The molecule has 7 nitrogen and oxygen atoms in total. The molecule has 4 rings (SSSR count). The summed E-state index contributed by atoms with van der Waals surface area (Å²) in [6.07, 6.45) is 7.07. The Kier molecular flexibility index (Phi) is 3.73. The summed E-state index contributed by atoms with van der Waals surface area (Å²) in [5.74, 6) is -0.215. The summed E-state index contributed by atoms with van der Waals surface area (Å²) in [5, 5.41) is 8.59. The van der Waals surface area contributed by atoms with Crippen LogP contribution in [0.5, 0.6) is 0 Å². The van der Waals surface area contributed by atoms with Gasteiger partial charge in [-0.15, -0.1) is 0 Å². The number of hydrogen-bond acceptors (Lipinski definition) is 6. The molecule has 0 radical (unpaired) electrons. The van der Waals surface area contributed by atoms with Gasteiger partial charge in [0.2, 0.25) is 0 Å². The third-order valence-corrected chi connectivity index (χ3v) is 4.70. The third kappa shape index (κ3) is 2.99. The van der Waals surface area contributed by atoms with E-state index in [1.807, 2.05) is 19.3 Å². The molecule has 0 aliphatic carbocycles. The van der Waals surface area contributed by atoms with Crippen LogP contribution in [-0.2, 0) is 7.05 Å². The Morgan fingerprint density at radius 2 is 2.12 bits per heavy atom. The van der Waals surface area contributed by atoms with Crippen LogP contribution in [0, 0.1) is 6.92 Å². The number of hydrogen-bond donors (Lipinski definition) is 1. The number of aryl methyl sites for hydroxylation is 2. The molecule has 0 bridgehead atoms. The van der Waals surface area contributed by atoms with Gasteiger partial charge in [0.15, 0.2) is 10.8 Å². The lowest BCUT2D eigenvalue weighted by atomic mass is 10.2. The van der Waals surface area contributed by atoms with Gasteiger partial charge in [0.05, 0.1) is 10.4 Å². The van der Waals surface area contributed by atoms with Gasteiger partial charge in [0.25, 0.3) is 5.91 Å². The first kappa shape index (κ1) is 15.4. The highest BCUT2D eigenvalue weighted by Crippen LogP contribution is 2.30. The average Bonchev–Trinajstić information content (AvgIpc) is 3.19. The Labute approximate surface area is 147 Å². The Balaban J connectivity index is 1.59. The first-order valence-electron chi connectivity index (χ1n) is 7.59. The molecule has 8 heteroatoms. The summed E-state index contributed by atoms with van der Waals surface area (Å²) < 4.78 is 1.73. The molecular formula is C17H14N6OS. The second-order valence-electron chi connectivity index (χ2n) is 5.56. The summed E-state index contributed by atoms with van der Waals surface area (Å²) in [6, 6.07) is 5.50. The number of pyridine rings is 2. The van der Waals surface area contributed by atoms with Crippen LogP contribution in [0.3, 0.4) is 0 Å². The van der Waals surface area contributed by atoms with E-state index in [4.69, 9.17) is 0 Å². The van der Waals surface area contributed by atoms with Gasteiger partial charge in [-0.05, 0) is 25.1 Å². The highest BCUT2D eigenvalue weighted by atomic mass is 32.1. The zero-order valence-corrected chi connectivity index (χ0v) is 14.4. The van der Waals surface area contributed by atoms with Crippen LogP contribution in [0.15, 0.2) is 43.0 Å². The van der Waals surface area contributed by atoms with Crippen molar-refractivity contribution in [3.63, 3.8) is 0 Å². The first-order valence-corrected chi connectivity index (χ1v) is 8.40. The summed E-state index contributed by atoms with van der Waals surface area (Å²) in [6.45, 7) is 1.80. The van der Waals surface area contributed by atoms with E-state index >= 15 is 0 Å². The van der Waals surface area contributed by atoms with Crippen LogP contribution < -0.4 is 5.32 Å². The number of nitrogens with zero attached hydrogens (tertiary/aromatic N) is 5. The van der Waals surface area contributed by atoms with E-state index in [0.29, 0.717) is 22.0 Å². The Bertz CT molecular complexity index is 1080. The van der Waals surface area contributed by atoms with Crippen molar-refractivity contribution in [1.82, 2.24) is 24.7 Å². The first-order chi connectivity index (χ1) is 12.1. The lowest BCUT2D eigenvalue weighted by Gasteiger charge is -2.03. The van der Waals surface area contributed by atoms with Crippen molar-refractivity contribution in [2.75, 3.05) is 5.32 Å². The van der Waals surface area contributed by atoms with Gasteiger partial charge in [0, 0.05) is 48.5 Å².